The second-order valence-electron chi connectivity index (χ2n) is 6.11. The van der Waals surface area contributed by atoms with E-state index in [0.717, 1.165) is 11.3 Å². The van der Waals surface area contributed by atoms with Crippen LogP contribution in [-0.2, 0) is 11.3 Å². The monoisotopic (exact) mass is 392 g/mol. The first-order valence-electron chi connectivity index (χ1n) is 9.19. The number of rotatable bonds is 8. The van der Waals surface area contributed by atoms with E-state index in [2.05, 4.69) is 10.3 Å². The topological polar surface area (TPSA) is 60.5 Å². The number of hydrogen-bond acceptors (Lipinski definition) is 4. The predicted octanol–water partition coefficient (Wildman–Crippen LogP) is 4.74. The summed E-state index contributed by atoms with van der Waals surface area (Å²) in [5.41, 5.74) is 1.48. The number of pyridine rings is 1. The molecule has 29 heavy (non-hydrogen) atoms. The molecule has 3 aromatic rings. The zero-order valence-corrected chi connectivity index (χ0v) is 16.0. The van der Waals surface area contributed by atoms with E-state index in [1.165, 1.54) is 24.4 Å². The molecule has 148 valence electrons. The smallest absolute Gasteiger partial charge is 0.244 e. The van der Waals surface area contributed by atoms with Crippen LogP contribution in [0.3, 0.4) is 0 Å². The molecule has 0 unspecified atom stereocenters. The lowest BCUT2D eigenvalue weighted by atomic mass is 10.2. The maximum atomic E-state index is 14.2. The van der Waals surface area contributed by atoms with Crippen LogP contribution in [0.2, 0.25) is 0 Å². The van der Waals surface area contributed by atoms with E-state index >= 15 is 0 Å². The van der Waals surface area contributed by atoms with Gasteiger partial charge in [0.1, 0.15) is 11.5 Å². The van der Waals surface area contributed by atoms with Crippen LogP contribution in [0, 0.1) is 5.82 Å². The molecule has 0 aliphatic rings. The van der Waals surface area contributed by atoms with Gasteiger partial charge in [0.15, 0.2) is 11.6 Å². The maximum absolute atomic E-state index is 14.2. The van der Waals surface area contributed by atoms with Gasteiger partial charge < -0.3 is 14.8 Å². The fraction of sp³-hybridized carbons (Fsp3) is 0.130. The quantitative estimate of drug-likeness (QED) is 0.563. The van der Waals surface area contributed by atoms with Crippen molar-refractivity contribution < 1.29 is 18.7 Å². The van der Waals surface area contributed by atoms with E-state index in [4.69, 9.17) is 9.47 Å². The highest BCUT2D eigenvalue weighted by atomic mass is 19.1. The third kappa shape index (κ3) is 6.17. The molecule has 0 aliphatic carbocycles. The number of benzene rings is 2. The van der Waals surface area contributed by atoms with Crippen molar-refractivity contribution in [3.63, 3.8) is 0 Å². The summed E-state index contributed by atoms with van der Waals surface area (Å²) in [6, 6.07) is 15.4. The van der Waals surface area contributed by atoms with Crippen molar-refractivity contribution in [3.8, 4) is 17.2 Å². The molecule has 0 bridgehead atoms. The number of carbonyl (C=O) groups is 1. The fourth-order valence-electron chi connectivity index (χ4n) is 2.57. The number of ether oxygens (including phenoxy) is 2. The Morgan fingerprint density at radius 3 is 2.76 bits per heavy atom. The number of aromatic nitrogens is 1. The van der Waals surface area contributed by atoms with E-state index in [-0.39, 0.29) is 11.7 Å². The van der Waals surface area contributed by atoms with E-state index < -0.39 is 5.82 Å². The highest BCUT2D eigenvalue weighted by Crippen LogP contribution is 2.24. The first-order chi connectivity index (χ1) is 14.1. The molecule has 0 fully saturated rings. The van der Waals surface area contributed by atoms with Gasteiger partial charge in [-0.3, -0.25) is 9.78 Å². The summed E-state index contributed by atoms with van der Waals surface area (Å²) in [5, 5.41) is 2.79. The SMILES string of the molecule is CCOc1cccc(CNC(=O)/C=C/c2ccc(Oc3cccnc3)c(F)c2)c1. The van der Waals surface area contributed by atoms with Gasteiger partial charge in [-0.2, -0.15) is 0 Å². The summed E-state index contributed by atoms with van der Waals surface area (Å²) in [6.45, 7) is 2.87. The first kappa shape index (κ1) is 20.1. The summed E-state index contributed by atoms with van der Waals surface area (Å²) in [7, 11) is 0. The van der Waals surface area contributed by atoms with E-state index in [1.54, 1.807) is 30.5 Å². The second kappa shape index (κ2) is 10.0. The van der Waals surface area contributed by atoms with Crippen molar-refractivity contribution in [2.75, 3.05) is 6.61 Å². The van der Waals surface area contributed by atoms with Crippen LogP contribution in [0.15, 0.2) is 73.1 Å². The molecule has 1 amide bonds. The Hall–Kier alpha value is -3.67. The van der Waals surface area contributed by atoms with Gasteiger partial charge in [0.05, 0.1) is 12.8 Å². The molecule has 3 rings (SSSR count). The molecule has 0 aliphatic heterocycles. The third-order valence-electron chi connectivity index (χ3n) is 3.92. The molecule has 2 aromatic carbocycles. The van der Waals surface area contributed by atoms with Crippen molar-refractivity contribution in [1.29, 1.82) is 0 Å². The number of nitrogens with one attached hydrogen (secondary N) is 1. The van der Waals surface area contributed by atoms with Gasteiger partial charge in [-0.25, -0.2) is 4.39 Å². The lowest BCUT2D eigenvalue weighted by Crippen LogP contribution is -2.20. The Morgan fingerprint density at radius 1 is 1.14 bits per heavy atom. The summed E-state index contributed by atoms with van der Waals surface area (Å²) < 4.78 is 25.1. The third-order valence-corrected chi connectivity index (χ3v) is 3.92. The molecule has 0 saturated carbocycles. The van der Waals surface area contributed by atoms with Crippen molar-refractivity contribution >= 4 is 12.0 Å². The minimum Gasteiger partial charge on any atom is -0.494 e. The van der Waals surface area contributed by atoms with Gasteiger partial charge in [0.2, 0.25) is 5.91 Å². The number of amides is 1. The van der Waals surface area contributed by atoms with Crippen LogP contribution in [0.1, 0.15) is 18.1 Å². The molecular weight excluding hydrogens is 371 g/mol. The summed E-state index contributed by atoms with van der Waals surface area (Å²) in [4.78, 5) is 16.0. The highest BCUT2D eigenvalue weighted by Gasteiger charge is 2.06. The van der Waals surface area contributed by atoms with Crippen molar-refractivity contribution in [2.45, 2.75) is 13.5 Å². The van der Waals surface area contributed by atoms with Crippen LogP contribution in [0.5, 0.6) is 17.2 Å². The fourth-order valence-corrected chi connectivity index (χ4v) is 2.57. The van der Waals surface area contributed by atoms with Crippen LogP contribution in [-0.4, -0.2) is 17.5 Å². The number of hydrogen-bond donors (Lipinski definition) is 1. The second-order valence-corrected chi connectivity index (χ2v) is 6.11. The minimum atomic E-state index is -0.524. The molecule has 0 radical (unpaired) electrons. The van der Waals surface area contributed by atoms with Crippen LogP contribution < -0.4 is 14.8 Å². The van der Waals surface area contributed by atoms with Gasteiger partial charge in [-0.05, 0) is 60.5 Å². The zero-order chi connectivity index (χ0) is 20.5. The zero-order valence-electron chi connectivity index (χ0n) is 16.0. The highest BCUT2D eigenvalue weighted by molar-refractivity contribution is 5.91. The van der Waals surface area contributed by atoms with Crippen molar-refractivity contribution in [1.82, 2.24) is 10.3 Å². The number of halogens is 1. The Bertz CT molecular complexity index is 990. The Balaban J connectivity index is 1.56. The van der Waals surface area contributed by atoms with Gasteiger partial charge in [-0.15, -0.1) is 0 Å². The Labute approximate surface area is 168 Å². The summed E-state index contributed by atoms with van der Waals surface area (Å²) in [5.74, 6) is 0.502. The van der Waals surface area contributed by atoms with Crippen LogP contribution in [0.25, 0.3) is 6.08 Å². The molecule has 1 aromatic heterocycles. The lowest BCUT2D eigenvalue weighted by molar-refractivity contribution is -0.116. The van der Waals surface area contributed by atoms with Crippen molar-refractivity contribution in [2.24, 2.45) is 0 Å². The molecule has 0 saturated heterocycles. The van der Waals surface area contributed by atoms with Gasteiger partial charge in [0.25, 0.3) is 0 Å². The normalized spacial score (nSPS) is 10.7. The van der Waals surface area contributed by atoms with Crippen LogP contribution in [0.4, 0.5) is 4.39 Å². The minimum absolute atomic E-state index is 0.0915. The summed E-state index contributed by atoms with van der Waals surface area (Å²) >= 11 is 0. The van der Waals surface area contributed by atoms with E-state index in [9.17, 15) is 9.18 Å². The molecule has 0 atom stereocenters. The van der Waals surface area contributed by atoms with Gasteiger partial charge >= 0.3 is 0 Å². The maximum Gasteiger partial charge on any atom is 0.244 e. The first-order valence-corrected chi connectivity index (χ1v) is 9.19. The number of nitrogens with zero attached hydrogens (tertiary/aromatic N) is 1. The predicted molar refractivity (Wildman–Crippen MR) is 109 cm³/mol. The molecular formula is C23H21FN2O3. The standard InChI is InChI=1S/C23H21FN2O3/c1-2-28-19-6-3-5-18(13-19)15-26-23(27)11-9-17-8-10-22(21(24)14-17)29-20-7-4-12-25-16-20/h3-14,16H,2,15H2,1H3,(H,26,27)/b11-9+. The molecule has 5 nitrogen and oxygen atoms in total. The molecule has 6 heteroatoms. The van der Waals surface area contributed by atoms with E-state index in [0.29, 0.717) is 24.5 Å². The van der Waals surface area contributed by atoms with Gasteiger partial charge in [-0.1, -0.05) is 18.2 Å². The largest absolute Gasteiger partial charge is 0.494 e. The Kier molecular flexibility index (Phi) is 6.95. The molecule has 1 heterocycles. The van der Waals surface area contributed by atoms with E-state index in [1.807, 2.05) is 31.2 Å². The molecule has 0 spiro atoms. The average Bonchev–Trinajstić information content (AvgIpc) is 2.74. The average molecular weight is 392 g/mol. The molecule has 1 N–H and O–H groups in total. The Morgan fingerprint density at radius 2 is 2.00 bits per heavy atom. The number of carbonyl (C=O) groups excluding carboxylic acids is 1. The lowest BCUT2D eigenvalue weighted by Gasteiger charge is -2.07. The van der Waals surface area contributed by atoms with Crippen LogP contribution >= 0.6 is 0 Å². The van der Waals surface area contributed by atoms with Crippen molar-refractivity contribution in [3.05, 3.63) is 90.0 Å². The summed E-state index contributed by atoms with van der Waals surface area (Å²) in [6.07, 6.45) is 6.02. The van der Waals surface area contributed by atoms with Gasteiger partial charge in [0, 0.05) is 18.8 Å².